The Bertz CT molecular complexity index is 593. The van der Waals surface area contributed by atoms with E-state index in [1.165, 1.54) is 0 Å². The summed E-state index contributed by atoms with van der Waals surface area (Å²) >= 11 is 0. The van der Waals surface area contributed by atoms with Crippen molar-refractivity contribution in [2.24, 2.45) is 5.92 Å². The van der Waals surface area contributed by atoms with Gasteiger partial charge in [0.2, 0.25) is 0 Å². The molecule has 1 aliphatic rings. The molecular weight excluding hydrogens is 280 g/mol. The molecule has 0 radical (unpaired) electrons. The molecule has 1 saturated carbocycles. The first-order valence-corrected chi connectivity index (χ1v) is 7.48. The van der Waals surface area contributed by atoms with E-state index in [0.717, 1.165) is 18.4 Å². The minimum Gasteiger partial charge on any atom is -0.480 e. The van der Waals surface area contributed by atoms with Crippen LogP contribution in [-0.2, 0) is 11.2 Å². The van der Waals surface area contributed by atoms with Crippen LogP contribution < -0.4 is 5.32 Å². The first-order valence-electron chi connectivity index (χ1n) is 7.48. The van der Waals surface area contributed by atoms with Gasteiger partial charge in [0.15, 0.2) is 0 Å². The molecule has 22 heavy (non-hydrogen) atoms. The fourth-order valence-electron chi connectivity index (χ4n) is 2.80. The van der Waals surface area contributed by atoms with E-state index in [1.807, 2.05) is 6.07 Å². The van der Waals surface area contributed by atoms with E-state index in [-0.39, 0.29) is 5.91 Å². The largest absolute Gasteiger partial charge is 0.480 e. The number of carboxylic acids is 1. The molecule has 2 rings (SSSR count). The molecule has 0 unspecified atom stereocenters. The lowest BCUT2D eigenvalue weighted by atomic mass is 9.77. The highest BCUT2D eigenvalue weighted by Crippen LogP contribution is 2.32. The summed E-state index contributed by atoms with van der Waals surface area (Å²) in [4.78, 5) is 24.0. The summed E-state index contributed by atoms with van der Waals surface area (Å²) in [5.41, 5.74) is 0.0916. The van der Waals surface area contributed by atoms with Crippen LogP contribution >= 0.6 is 0 Å². The normalized spacial score (nSPS) is 24.3. The van der Waals surface area contributed by atoms with Crippen molar-refractivity contribution in [2.45, 2.75) is 44.6 Å². The van der Waals surface area contributed by atoms with Crippen LogP contribution in [-0.4, -0.2) is 22.5 Å². The molecule has 1 aromatic carbocycles. The van der Waals surface area contributed by atoms with Crippen molar-refractivity contribution in [1.82, 2.24) is 5.32 Å². The SMILES string of the molecule is CC1CCC(NC(=O)c2ccc(CC#N)cc2)(C(=O)O)CC1. The number of nitrogens with zero attached hydrogens (tertiary/aromatic N) is 1. The summed E-state index contributed by atoms with van der Waals surface area (Å²) in [6.45, 7) is 2.10. The number of benzene rings is 1. The third kappa shape index (κ3) is 3.45. The number of carbonyl (C=O) groups is 2. The van der Waals surface area contributed by atoms with Crippen molar-refractivity contribution in [3.63, 3.8) is 0 Å². The Balaban J connectivity index is 2.11. The van der Waals surface area contributed by atoms with E-state index in [2.05, 4.69) is 12.2 Å². The highest BCUT2D eigenvalue weighted by molar-refractivity contribution is 5.97. The van der Waals surface area contributed by atoms with Crippen molar-refractivity contribution in [1.29, 1.82) is 5.26 Å². The Morgan fingerprint density at radius 2 is 1.91 bits per heavy atom. The maximum atomic E-state index is 12.3. The molecule has 2 N–H and O–H groups in total. The molecule has 116 valence electrons. The van der Waals surface area contributed by atoms with E-state index in [9.17, 15) is 14.7 Å². The average Bonchev–Trinajstić information content (AvgIpc) is 2.50. The Labute approximate surface area is 129 Å². The third-order valence-electron chi connectivity index (χ3n) is 4.39. The molecule has 0 heterocycles. The van der Waals surface area contributed by atoms with E-state index < -0.39 is 11.5 Å². The lowest BCUT2D eigenvalue weighted by Gasteiger charge is -2.36. The average molecular weight is 300 g/mol. The molecule has 0 saturated heterocycles. The first-order chi connectivity index (χ1) is 10.5. The molecule has 1 aliphatic carbocycles. The Kier molecular flexibility index (Phi) is 4.81. The van der Waals surface area contributed by atoms with Crippen molar-refractivity contribution < 1.29 is 14.7 Å². The predicted octanol–water partition coefficient (Wildman–Crippen LogP) is 2.52. The topological polar surface area (TPSA) is 90.2 Å². The van der Waals surface area contributed by atoms with Crippen LogP contribution in [0.15, 0.2) is 24.3 Å². The highest BCUT2D eigenvalue weighted by Gasteiger charge is 2.42. The zero-order valence-corrected chi connectivity index (χ0v) is 12.6. The summed E-state index contributed by atoms with van der Waals surface area (Å²) in [5, 5.41) is 20.9. The van der Waals surface area contributed by atoms with Gasteiger partial charge in [-0.2, -0.15) is 5.26 Å². The Hall–Kier alpha value is -2.35. The smallest absolute Gasteiger partial charge is 0.329 e. The fourth-order valence-corrected chi connectivity index (χ4v) is 2.80. The van der Waals surface area contributed by atoms with Gasteiger partial charge >= 0.3 is 5.97 Å². The summed E-state index contributed by atoms with van der Waals surface area (Å²) in [7, 11) is 0. The molecule has 1 fully saturated rings. The quantitative estimate of drug-likeness (QED) is 0.894. The molecule has 5 nitrogen and oxygen atoms in total. The second-order valence-corrected chi connectivity index (χ2v) is 6.06. The van der Waals surface area contributed by atoms with Gasteiger partial charge in [0, 0.05) is 5.56 Å². The fraction of sp³-hybridized carbons (Fsp3) is 0.471. The van der Waals surface area contributed by atoms with Crippen LogP contribution in [0.5, 0.6) is 0 Å². The van der Waals surface area contributed by atoms with E-state index in [1.54, 1.807) is 24.3 Å². The molecule has 0 spiro atoms. The van der Waals surface area contributed by atoms with Crippen LogP contribution in [0.25, 0.3) is 0 Å². The van der Waals surface area contributed by atoms with Gasteiger partial charge in [-0.1, -0.05) is 19.1 Å². The van der Waals surface area contributed by atoms with E-state index in [4.69, 9.17) is 5.26 Å². The lowest BCUT2D eigenvalue weighted by Crippen LogP contribution is -2.56. The van der Waals surface area contributed by atoms with Crippen LogP contribution in [0.3, 0.4) is 0 Å². The Morgan fingerprint density at radius 1 is 1.32 bits per heavy atom. The van der Waals surface area contributed by atoms with Crippen molar-refractivity contribution in [2.75, 3.05) is 0 Å². The molecule has 0 aliphatic heterocycles. The van der Waals surface area contributed by atoms with Gasteiger partial charge in [-0.25, -0.2) is 4.79 Å². The van der Waals surface area contributed by atoms with Gasteiger partial charge in [0.25, 0.3) is 5.91 Å². The van der Waals surface area contributed by atoms with Gasteiger partial charge in [-0.3, -0.25) is 4.79 Å². The van der Waals surface area contributed by atoms with Gasteiger partial charge < -0.3 is 10.4 Å². The van der Waals surface area contributed by atoms with Crippen molar-refractivity contribution >= 4 is 11.9 Å². The minimum absolute atomic E-state index is 0.291. The summed E-state index contributed by atoms with van der Waals surface area (Å²) in [5.74, 6) is -0.844. The van der Waals surface area contributed by atoms with Gasteiger partial charge in [-0.15, -0.1) is 0 Å². The van der Waals surface area contributed by atoms with Gasteiger partial charge in [0.05, 0.1) is 12.5 Å². The molecule has 1 amide bonds. The molecule has 5 heteroatoms. The van der Waals surface area contributed by atoms with Crippen LogP contribution in [0.2, 0.25) is 0 Å². The number of nitrogens with one attached hydrogen (secondary N) is 1. The van der Waals surface area contributed by atoms with Crippen molar-refractivity contribution in [3.8, 4) is 6.07 Å². The van der Waals surface area contributed by atoms with Gasteiger partial charge in [0.1, 0.15) is 5.54 Å². The van der Waals surface area contributed by atoms with Crippen LogP contribution in [0.1, 0.15) is 48.5 Å². The maximum Gasteiger partial charge on any atom is 0.329 e. The minimum atomic E-state index is -1.16. The zero-order valence-electron chi connectivity index (χ0n) is 12.6. The first kappa shape index (κ1) is 16.0. The number of rotatable bonds is 4. The van der Waals surface area contributed by atoms with Crippen LogP contribution in [0, 0.1) is 17.2 Å². The number of nitriles is 1. The number of hydrogen-bond donors (Lipinski definition) is 2. The monoisotopic (exact) mass is 300 g/mol. The number of amides is 1. The molecule has 0 aromatic heterocycles. The zero-order chi connectivity index (χ0) is 16.2. The van der Waals surface area contributed by atoms with Gasteiger partial charge in [-0.05, 0) is 49.3 Å². The molecular formula is C17H20N2O3. The lowest BCUT2D eigenvalue weighted by molar-refractivity contribution is -0.146. The van der Waals surface area contributed by atoms with E-state index >= 15 is 0 Å². The Morgan fingerprint density at radius 3 is 2.41 bits per heavy atom. The number of carbonyl (C=O) groups excluding carboxylic acids is 1. The summed E-state index contributed by atoms with van der Waals surface area (Å²) in [6, 6.07) is 8.73. The van der Waals surface area contributed by atoms with Crippen LogP contribution in [0.4, 0.5) is 0 Å². The molecule has 0 atom stereocenters. The predicted molar refractivity (Wildman–Crippen MR) is 81.2 cm³/mol. The molecule has 1 aromatic rings. The number of carboxylic acid groups (broad SMARTS) is 1. The second kappa shape index (κ2) is 6.61. The highest BCUT2D eigenvalue weighted by atomic mass is 16.4. The standard InChI is InChI=1S/C17H20N2O3/c1-12-6-9-17(10-7-12,16(21)22)19-15(20)14-4-2-13(3-5-14)8-11-18/h2-5,12H,6-10H2,1H3,(H,19,20)(H,21,22). The number of hydrogen-bond acceptors (Lipinski definition) is 3. The second-order valence-electron chi connectivity index (χ2n) is 6.06. The van der Waals surface area contributed by atoms with E-state index in [0.29, 0.717) is 30.7 Å². The summed E-state index contributed by atoms with van der Waals surface area (Å²) in [6.07, 6.45) is 2.81. The maximum absolute atomic E-state index is 12.3. The van der Waals surface area contributed by atoms with Crippen molar-refractivity contribution in [3.05, 3.63) is 35.4 Å². The number of aliphatic carboxylic acids is 1. The third-order valence-corrected chi connectivity index (χ3v) is 4.39. The summed E-state index contributed by atoms with van der Waals surface area (Å²) < 4.78 is 0. The molecule has 0 bridgehead atoms.